The van der Waals surface area contributed by atoms with Crippen molar-refractivity contribution in [1.29, 1.82) is 0 Å². The molecule has 8 atom stereocenters. The topological polar surface area (TPSA) is 0 Å². The van der Waals surface area contributed by atoms with Gasteiger partial charge in [0.1, 0.15) is 0 Å². The van der Waals surface area contributed by atoms with Gasteiger partial charge in [-0.3, -0.25) is 0 Å². The Morgan fingerprint density at radius 1 is 0.343 bits per heavy atom. The lowest BCUT2D eigenvalue weighted by molar-refractivity contribution is 0.0891. The van der Waals surface area contributed by atoms with Crippen LogP contribution in [0.1, 0.15) is 340 Å². The Bertz CT molecular complexity index is 1150. The maximum Gasteiger partial charge on any atom is -0.0328 e. The van der Waals surface area contributed by atoms with E-state index in [0.29, 0.717) is 16.2 Å². The zero-order chi connectivity index (χ0) is 53.7. The molecule has 0 saturated heterocycles. The summed E-state index contributed by atoms with van der Waals surface area (Å²) in [7, 11) is 0. The SMILES string of the molecule is CC1CC(C)(C)C1.CC1CC(C)C1C.CC1CCC1(C)C.CCC1(C)CCC1.CCC1(C)CCC1.CCC1CC(C)C1.CCC1CC(C)C1.CCC1CCC1C.CCC1CC[C@@H]1C.C[C@H]1CCC1(C)C. The van der Waals surface area contributed by atoms with Crippen LogP contribution in [0.15, 0.2) is 0 Å². The quantitative estimate of drug-likeness (QED) is 0.249. The zero-order valence-corrected chi connectivity index (χ0v) is 53.7. The fourth-order valence-corrected chi connectivity index (χ4v) is 13.0. The van der Waals surface area contributed by atoms with Crippen LogP contribution in [0.4, 0.5) is 0 Å². The summed E-state index contributed by atoms with van der Waals surface area (Å²) in [5.41, 5.74) is 3.58. The highest BCUT2D eigenvalue weighted by Crippen LogP contribution is 2.47. The molecule has 10 fully saturated rings. The van der Waals surface area contributed by atoms with Crippen LogP contribution >= 0.6 is 0 Å². The largest absolute Gasteiger partial charge is 0.0651 e. The molecule has 0 N–H and O–H groups in total. The minimum absolute atomic E-state index is 0.681. The van der Waals surface area contributed by atoms with Gasteiger partial charge in [-0.1, -0.05) is 230 Å². The predicted octanol–water partition coefficient (Wildman–Crippen LogP) is 24.6. The van der Waals surface area contributed by atoms with Crippen molar-refractivity contribution in [3.63, 3.8) is 0 Å². The van der Waals surface area contributed by atoms with E-state index < -0.39 is 0 Å². The Labute approximate surface area is 447 Å². The normalized spacial score (nSPS) is 36.9. The Hall–Kier alpha value is 0. The lowest BCUT2D eigenvalue weighted by Crippen LogP contribution is -2.31. The van der Waals surface area contributed by atoms with Gasteiger partial charge in [0.25, 0.3) is 0 Å². The van der Waals surface area contributed by atoms with Gasteiger partial charge in [0.15, 0.2) is 0 Å². The molecule has 0 aromatic carbocycles. The predicted molar refractivity (Wildman–Crippen MR) is 322 cm³/mol. The highest BCUT2D eigenvalue weighted by molar-refractivity contribution is 4.87. The van der Waals surface area contributed by atoms with Crippen molar-refractivity contribution in [3.8, 4) is 0 Å². The van der Waals surface area contributed by atoms with Crippen molar-refractivity contribution in [2.75, 3.05) is 0 Å². The van der Waals surface area contributed by atoms with Gasteiger partial charge in [0, 0.05) is 0 Å². The molecule has 0 aromatic heterocycles. The Morgan fingerprint density at radius 3 is 0.671 bits per heavy atom. The Morgan fingerprint density at radius 2 is 0.657 bits per heavy atom. The summed E-state index contributed by atoms with van der Waals surface area (Å²) in [6, 6.07) is 0. The molecule has 0 heterocycles. The average Bonchev–Trinajstić information content (AvgIpc) is 3.27. The first-order valence-corrected chi connectivity index (χ1v) is 32.4. The first-order chi connectivity index (χ1) is 32.4. The molecule has 0 spiro atoms. The highest BCUT2D eigenvalue weighted by Gasteiger charge is 2.36. The van der Waals surface area contributed by atoms with E-state index in [0.717, 1.165) is 93.7 Å². The molecule has 0 bridgehead atoms. The minimum Gasteiger partial charge on any atom is -0.0651 e. The smallest absolute Gasteiger partial charge is 0.0328 e. The summed E-state index contributed by atoms with van der Waals surface area (Å²) in [4.78, 5) is 0. The van der Waals surface area contributed by atoms with Gasteiger partial charge in [0.05, 0.1) is 0 Å². The molecule has 0 radical (unpaired) electrons. The fraction of sp³-hybridized carbons (Fsp3) is 1.00. The lowest BCUT2D eigenvalue weighted by Gasteiger charge is -2.42. The van der Waals surface area contributed by atoms with Crippen molar-refractivity contribution in [2.24, 2.45) is 110 Å². The molecule has 10 aliphatic carbocycles. The van der Waals surface area contributed by atoms with Crippen LogP contribution in [0.2, 0.25) is 0 Å². The van der Waals surface area contributed by atoms with Crippen molar-refractivity contribution in [2.45, 2.75) is 340 Å². The average molecular weight is 982 g/mol. The zero-order valence-electron chi connectivity index (χ0n) is 53.7. The molecule has 0 heteroatoms. The van der Waals surface area contributed by atoms with Crippen LogP contribution in [0.5, 0.6) is 0 Å². The molecule has 70 heavy (non-hydrogen) atoms. The van der Waals surface area contributed by atoms with E-state index in [4.69, 9.17) is 0 Å². The molecule has 420 valence electrons. The second-order valence-corrected chi connectivity index (χ2v) is 30.8. The van der Waals surface area contributed by atoms with E-state index in [9.17, 15) is 0 Å². The van der Waals surface area contributed by atoms with Gasteiger partial charge in [-0.25, -0.2) is 0 Å². The maximum atomic E-state index is 2.39. The summed E-state index contributed by atoms with van der Waals surface area (Å²) in [6.07, 6.45) is 39.3. The number of hydrogen-bond acceptors (Lipinski definition) is 0. The monoisotopic (exact) mass is 981 g/mol. The van der Waals surface area contributed by atoms with Crippen LogP contribution in [0.25, 0.3) is 0 Å². The number of rotatable bonds is 6. The molecule has 0 nitrogen and oxygen atoms in total. The third-order valence-electron chi connectivity index (χ3n) is 23.0. The van der Waals surface area contributed by atoms with Gasteiger partial charge in [0.2, 0.25) is 0 Å². The van der Waals surface area contributed by atoms with E-state index in [2.05, 4.69) is 166 Å². The summed E-state index contributed by atoms with van der Waals surface area (Å²) in [6.45, 7) is 56.0. The van der Waals surface area contributed by atoms with Crippen LogP contribution < -0.4 is 0 Å². The Balaban J connectivity index is 0.000000389. The van der Waals surface area contributed by atoms with Gasteiger partial charge in [-0.15, -0.1) is 0 Å². The first kappa shape index (κ1) is 68.0. The Kier molecular flexibility index (Phi) is 31.6. The van der Waals surface area contributed by atoms with Crippen molar-refractivity contribution in [1.82, 2.24) is 0 Å². The summed E-state index contributed by atoms with van der Waals surface area (Å²) < 4.78 is 0. The van der Waals surface area contributed by atoms with Crippen molar-refractivity contribution >= 4 is 0 Å². The molecule has 6 unspecified atom stereocenters. The van der Waals surface area contributed by atoms with Gasteiger partial charge >= 0.3 is 0 Å². The first-order valence-electron chi connectivity index (χ1n) is 32.4. The maximum absolute atomic E-state index is 2.39. The van der Waals surface area contributed by atoms with Crippen molar-refractivity contribution in [3.05, 3.63) is 0 Å². The molecular formula is C70H140. The number of hydrogen-bond donors (Lipinski definition) is 0. The lowest BCUT2D eigenvalue weighted by atomic mass is 9.64. The van der Waals surface area contributed by atoms with Gasteiger partial charge < -0.3 is 0 Å². The van der Waals surface area contributed by atoms with Crippen LogP contribution in [0.3, 0.4) is 0 Å². The second kappa shape index (κ2) is 32.6. The molecule has 10 aliphatic rings. The molecule has 10 rings (SSSR count). The fourth-order valence-electron chi connectivity index (χ4n) is 13.0. The summed E-state index contributed by atoms with van der Waals surface area (Å²) in [5.74, 6) is 14.5. The standard InChI is InChI=1S/10C7H14/c1-6-4-7(2,3)5-6;2*1-6-4-5-7(6,2)3;1-5-4-6(2)7(5)3;2*1-3-7-4-6(2)5-7;2*1-3-7(2)5-4-6-7;2*1-3-7-5-4-6(7)2/h3*6H,4-5H2,1-3H3;5-7H,4H2,1-3H3;2*6-7H,3-5H2,1-2H3;2*3-6H2,1-2H3;2*6-7H,3-5H2,1-2H3/t;6-;;;;;;;6-,7?;/m.0......0./s1. The van der Waals surface area contributed by atoms with Gasteiger partial charge in [-0.2, -0.15) is 0 Å². The third kappa shape index (κ3) is 25.2. The van der Waals surface area contributed by atoms with Gasteiger partial charge in [-0.05, 0) is 219 Å². The molecule has 0 aliphatic heterocycles. The van der Waals surface area contributed by atoms with Crippen LogP contribution in [-0.2, 0) is 0 Å². The molecular weight excluding hydrogens is 841 g/mol. The van der Waals surface area contributed by atoms with E-state index in [1.165, 1.54) is 173 Å². The summed E-state index contributed by atoms with van der Waals surface area (Å²) >= 11 is 0. The molecule has 0 amide bonds. The highest BCUT2D eigenvalue weighted by atomic mass is 14.4. The van der Waals surface area contributed by atoms with Crippen LogP contribution in [0, 0.1) is 110 Å². The summed E-state index contributed by atoms with van der Waals surface area (Å²) in [5, 5.41) is 0. The van der Waals surface area contributed by atoms with E-state index in [-0.39, 0.29) is 0 Å². The molecule has 10 saturated carbocycles. The van der Waals surface area contributed by atoms with Crippen molar-refractivity contribution < 1.29 is 0 Å². The van der Waals surface area contributed by atoms with Crippen LogP contribution in [-0.4, -0.2) is 0 Å². The van der Waals surface area contributed by atoms with E-state index >= 15 is 0 Å². The van der Waals surface area contributed by atoms with E-state index in [1.54, 1.807) is 0 Å². The molecule has 0 aromatic rings. The minimum atomic E-state index is 0.681. The third-order valence-corrected chi connectivity index (χ3v) is 23.0. The van der Waals surface area contributed by atoms with E-state index in [1.807, 2.05) is 0 Å². The second-order valence-electron chi connectivity index (χ2n) is 30.8.